The summed E-state index contributed by atoms with van der Waals surface area (Å²) in [6.07, 6.45) is 5.40. The van der Waals surface area contributed by atoms with Crippen LogP contribution in [-0.4, -0.2) is 17.2 Å². The van der Waals surface area contributed by atoms with Gasteiger partial charge in [-0.2, -0.15) is 0 Å². The minimum absolute atomic E-state index is 0.797. The molecule has 1 heterocycles. The normalized spacial score (nSPS) is 19.8. The van der Waals surface area contributed by atoms with Gasteiger partial charge in [-0.05, 0) is 50.4 Å². The van der Waals surface area contributed by atoms with Crippen molar-refractivity contribution in [1.82, 2.24) is 0 Å². The lowest BCUT2D eigenvalue weighted by atomic mass is 10.2. The molecule has 1 fully saturated rings. The average molecular weight is 210 g/mol. The molecule has 77 valence electrons. The van der Waals surface area contributed by atoms with Crippen molar-refractivity contribution >= 4 is 13.2 Å². The fraction of sp³-hybridized carbons (Fsp3) is 0.455. The molecule has 3 N–H and O–H groups in total. The highest BCUT2D eigenvalue weighted by molar-refractivity contribution is 7.69. The molecule has 0 atom stereocenters. The standard InChI is InChI=1S/C11H17NOP/c12-11-5-3-10(4-6-11)9-14(13)7-1-2-8-14/h3-6,13H,1-2,7-9,12H2. The van der Waals surface area contributed by atoms with E-state index in [4.69, 9.17) is 5.73 Å². The van der Waals surface area contributed by atoms with Gasteiger partial charge in [-0.15, -0.1) is 0 Å². The number of hydrogen-bond donors (Lipinski definition) is 2. The topological polar surface area (TPSA) is 46.2 Å². The first-order chi connectivity index (χ1) is 6.68. The summed E-state index contributed by atoms with van der Waals surface area (Å²) in [6, 6.07) is 7.90. The SMILES string of the molecule is Nc1ccc(C[P]2(O)CCCC2)cc1. The van der Waals surface area contributed by atoms with E-state index in [0.29, 0.717) is 0 Å². The Morgan fingerprint density at radius 3 is 2.29 bits per heavy atom. The van der Waals surface area contributed by atoms with Crippen LogP contribution < -0.4 is 5.73 Å². The summed E-state index contributed by atoms with van der Waals surface area (Å²) in [4.78, 5) is 10.3. The Morgan fingerprint density at radius 1 is 1.14 bits per heavy atom. The monoisotopic (exact) mass is 210 g/mol. The lowest BCUT2D eigenvalue weighted by Crippen LogP contribution is -1.98. The van der Waals surface area contributed by atoms with Crippen LogP contribution in [0.15, 0.2) is 24.3 Å². The van der Waals surface area contributed by atoms with E-state index in [1.165, 1.54) is 18.4 Å². The highest BCUT2D eigenvalue weighted by Gasteiger charge is 2.28. The van der Waals surface area contributed by atoms with Gasteiger partial charge in [0.15, 0.2) is 0 Å². The molecule has 2 rings (SSSR count). The van der Waals surface area contributed by atoms with Crippen LogP contribution in [0.4, 0.5) is 5.69 Å². The van der Waals surface area contributed by atoms with E-state index in [9.17, 15) is 4.89 Å². The zero-order valence-corrected chi connectivity index (χ0v) is 9.21. The quantitative estimate of drug-likeness (QED) is 0.582. The second-order valence-corrected chi connectivity index (χ2v) is 7.55. The molecule has 1 aliphatic heterocycles. The summed E-state index contributed by atoms with van der Waals surface area (Å²) in [6.45, 7) is 0. The molecule has 0 spiro atoms. The summed E-state index contributed by atoms with van der Waals surface area (Å²) >= 11 is 0. The Hall–Kier alpha value is -0.590. The third-order valence-electron chi connectivity index (χ3n) is 2.86. The van der Waals surface area contributed by atoms with Crippen molar-refractivity contribution < 1.29 is 4.89 Å². The van der Waals surface area contributed by atoms with E-state index >= 15 is 0 Å². The Labute approximate surface area is 85.6 Å². The van der Waals surface area contributed by atoms with Crippen molar-refractivity contribution in [2.24, 2.45) is 0 Å². The van der Waals surface area contributed by atoms with E-state index < -0.39 is 7.49 Å². The Kier molecular flexibility index (Phi) is 2.76. The number of rotatable bonds is 2. The van der Waals surface area contributed by atoms with Gasteiger partial charge in [0.05, 0.1) is 0 Å². The van der Waals surface area contributed by atoms with Gasteiger partial charge in [0.25, 0.3) is 0 Å². The fourth-order valence-corrected chi connectivity index (χ4v) is 5.10. The van der Waals surface area contributed by atoms with Gasteiger partial charge in [0.1, 0.15) is 0 Å². The van der Waals surface area contributed by atoms with E-state index in [1.54, 1.807) is 0 Å². The van der Waals surface area contributed by atoms with Gasteiger partial charge in [0.2, 0.25) is 0 Å². The van der Waals surface area contributed by atoms with Gasteiger partial charge in [-0.3, -0.25) is 0 Å². The molecule has 0 aliphatic carbocycles. The summed E-state index contributed by atoms with van der Waals surface area (Å²) in [5, 5.41) is 0. The minimum Gasteiger partial charge on any atom is -0.399 e. The summed E-state index contributed by atoms with van der Waals surface area (Å²) in [7, 11) is -1.60. The maximum absolute atomic E-state index is 10.3. The van der Waals surface area contributed by atoms with Crippen LogP contribution in [0.2, 0.25) is 0 Å². The molecule has 0 unspecified atom stereocenters. The largest absolute Gasteiger partial charge is 0.399 e. The minimum atomic E-state index is -1.60. The van der Waals surface area contributed by atoms with Crippen LogP contribution in [0.1, 0.15) is 18.4 Å². The highest BCUT2D eigenvalue weighted by Crippen LogP contribution is 2.62. The van der Waals surface area contributed by atoms with Crippen molar-refractivity contribution in [3.05, 3.63) is 29.8 Å². The van der Waals surface area contributed by atoms with Crippen LogP contribution in [-0.2, 0) is 6.16 Å². The van der Waals surface area contributed by atoms with Crippen molar-refractivity contribution in [3.8, 4) is 0 Å². The second-order valence-electron chi connectivity index (χ2n) is 4.15. The molecule has 1 radical (unpaired) electrons. The van der Waals surface area contributed by atoms with E-state index in [2.05, 4.69) is 0 Å². The predicted octanol–water partition coefficient (Wildman–Crippen LogP) is 2.49. The van der Waals surface area contributed by atoms with Crippen LogP contribution in [0, 0.1) is 0 Å². The molecule has 0 saturated carbocycles. The first kappa shape index (κ1) is 9.95. The van der Waals surface area contributed by atoms with Crippen molar-refractivity contribution in [1.29, 1.82) is 0 Å². The lowest BCUT2D eigenvalue weighted by molar-refractivity contribution is 0.603. The zero-order chi connectivity index (χ0) is 10.0. The maximum atomic E-state index is 10.3. The average Bonchev–Trinajstić information content (AvgIpc) is 2.57. The van der Waals surface area contributed by atoms with E-state index in [-0.39, 0.29) is 0 Å². The zero-order valence-electron chi connectivity index (χ0n) is 8.32. The molecule has 1 saturated heterocycles. The third-order valence-corrected chi connectivity index (χ3v) is 6.11. The lowest BCUT2D eigenvalue weighted by Gasteiger charge is -2.24. The number of anilines is 1. The second kappa shape index (κ2) is 3.88. The van der Waals surface area contributed by atoms with Crippen LogP contribution in [0.5, 0.6) is 0 Å². The molecule has 3 heteroatoms. The number of nitrogens with two attached hydrogens (primary N) is 1. The van der Waals surface area contributed by atoms with Crippen molar-refractivity contribution in [3.63, 3.8) is 0 Å². The van der Waals surface area contributed by atoms with E-state index in [1.807, 2.05) is 24.3 Å². The smallest absolute Gasteiger partial charge is 0.0314 e. The summed E-state index contributed by atoms with van der Waals surface area (Å²) in [5.74, 6) is 0. The van der Waals surface area contributed by atoms with Crippen LogP contribution in [0.3, 0.4) is 0 Å². The highest BCUT2D eigenvalue weighted by atomic mass is 31.2. The molecule has 1 aromatic rings. The molecular weight excluding hydrogens is 193 g/mol. The number of hydrogen-bond acceptors (Lipinski definition) is 2. The van der Waals surface area contributed by atoms with Gasteiger partial charge < -0.3 is 10.6 Å². The summed E-state index contributed by atoms with van der Waals surface area (Å²) in [5.41, 5.74) is 7.64. The maximum Gasteiger partial charge on any atom is 0.0314 e. The van der Waals surface area contributed by atoms with Gasteiger partial charge in [0, 0.05) is 11.8 Å². The molecule has 0 amide bonds. The first-order valence-electron chi connectivity index (χ1n) is 5.11. The van der Waals surface area contributed by atoms with Crippen molar-refractivity contribution in [2.75, 3.05) is 18.1 Å². The fourth-order valence-electron chi connectivity index (χ4n) is 2.05. The Bertz CT molecular complexity index is 304. The van der Waals surface area contributed by atoms with E-state index in [0.717, 1.165) is 24.2 Å². The third kappa shape index (κ3) is 2.26. The molecule has 1 aliphatic rings. The molecule has 1 aromatic carbocycles. The molecular formula is C11H17NOP. The number of benzene rings is 1. The number of nitrogen functional groups attached to an aromatic ring is 1. The summed E-state index contributed by atoms with van der Waals surface area (Å²) < 4.78 is 0. The molecule has 0 aromatic heterocycles. The molecule has 14 heavy (non-hydrogen) atoms. The molecule has 0 bridgehead atoms. The first-order valence-corrected chi connectivity index (χ1v) is 7.41. The van der Waals surface area contributed by atoms with Gasteiger partial charge >= 0.3 is 0 Å². The van der Waals surface area contributed by atoms with Crippen LogP contribution in [0.25, 0.3) is 0 Å². The van der Waals surface area contributed by atoms with Crippen LogP contribution >= 0.6 is 7.49 Å². The van der Waals surface area contributed by atoms with Gasteiger partial charge in [-0.25, -0.2) is 0 Å². The van der Waals surface area contributed by atoms with Gasteiger partial charge in [-0.1, -0.05) is 12.1 Å². The predicted molar refractivity (Wildman–Crippen MR) is 62.7 cm³/mol. The Balaban J connectivity index is 2.06. The van der Waals surface area contributed by atoms with Crippen molar-refractivity contribution in [2.45, 2.75) is 19.0 Å². The Morgan fingerprint density at radius 2 is 1.71 bits per heavy atom. The molecule has 2 nitrogen and oxygen atoms in total.